The molecule has 0 radical (unpaired) electrons. The van der Waals surface area contributed by atoms with Gasteiger partial charge in [0.1, 0.15) is 10.7 Å². The number of nitrogen functional groups attached to an aromatic ring is 1. The first-order valence-corrected chi connectivity index (χ1v) is 8.08. The summed E-state index contributed by atoms with van der Waals surface area (Å²) in [5.41, 5.74) is 5.89. The molecule has 0 aromatic carbocycles. The van der Waals surface area contributed by atoms with Crippen LogP contribution in [-0.4, -0.2) is 30.0 Å². The molecule has 3 N–H and O–H groups in total. The summed E-state index contributed by atoms with van der Waals surface area (Å²) in [6, 6.07) is 0.130. The quantitative estimate of drug-likeness (QED) is 0.812. The van der Waals surface area contributed by atoms with Gasteiger partial charge in [-0.3, -0.25) is 4.79 Å². The fourth-order valence-electron chi connectivity index (χ4n) is 1.88. The van der Waals surface area contributed by atoms with Gasteiger partial charge in [-0.15, -0.1) is 0 Å². The Morgan fingerprint density at radius 3 is 2.45 bits per heavy atom. The number of nitrogens with two attached hydrogens (primary N) is 1. The van der Waals surface area contributed by atoms with Crippen molar-refractivity contribution in [3.8, 4) is 0 Å². The van der Waals surface area contributed by atoms with Crippen LogP contribution in [0, 0.1) is 5.92 Å². The van der Waals surface area contributed by atoms with Crippen molar-refractivity contribution in [1.82, 2.24) is 10.3 Å². The van der Waals surface area contributed by atoms with Crippen LogP contribution in [0.15, 0.2) is 0 Å². The van der Waals surface area contributed by atoms with Gasteiger partial charge in [0.15, 0.2) is 5.13 Å². The van der Waals surface area contributed by atoms with Gasteiger partial charge in [0.2, 0.25) is 0 Å². The molecular formula is C14H26N4OS. The van der Waals surface area contributed by atoms with Crippen LogP contribution in [0.2, 0.25) is 0 Å². The van der Waals surface area contributed by atoms with E-state index in [-0.39, 0.29) is 11.9 Å². The zero-order valence-corrected chi connectivity index (χ0v) is 13.9. The smallest absolute Gasteiger partial charge is 0.265 e. The van der Waals surface area contributed by atoms with Crippen LogP contribution in [0.1, 0.15) is 50.7 Å². The summed E-state index contributed by atoms with van der Waals surface area (Å²) in [5, 5.41) is 3.82. The van der Waals surface area contributed by atoms with Crippen molar-refractivity contribution in [3.63, 3.8) is 0 Å². The standard InChI is InChI=1S/C14H26N4OS/c1-6-9(4)10(5)16-13(19)11-12(15)17-14(20-11)18(7-2)8-3/h9-10H,6-8,15H2,1-5H3,(H,16,19). The Balaban J connectivity index is 2.83. The van der Waals surface area contributed by atoms with Crippen LogP contribution < -0.4 is 16.0 Å². The molecule has 1 heterocycles. The van der Waals surface area contributed by atoms with E-state index >= 15 is 0 Å². The first kappa shape index (κ1) is 16.8. The summed E-state index contributed by atoms with van der Waals surface area (Å²) in [6.45, 7) is 12.1. The minimum absolute atomic E-state index is 0.119. The largest absolute Gasteiger partial charge is 0.382 e. The Labute approximate surface area is 125 Å². The molecule has 1 aromatic rings. The van der Waals surface area contributed by atoms with Gasteiger partial charge in [-0.2, -0.15) is 0 Å². The van der Waals surface area contributed by atoms with E-state index in [9.17, 15) is 4.79 Å². The molecule has 0 saturated carbocycles. The maximum absolute atomic E-state index is 12.3. The topological polar surface area (TPSA) is 71.2 Å². The molecule has 0 aliphatic heterocycles. The lowest BCUT2D eigenvalue weighted by Gasteiger charge is -2.19. The van der Waals surface area contributed by atoms with Crippen molar-refractivity contribution in [1.29, 1.82) is 0 Å². The summed E-state index contributed by atoms with van der Waals surface area (Å²) in [7, 11) is 0. The van der Waals surface area contributed by atoms with E-state index in [0.29, 0.717) is 16.6 Å². The molecule has 0 fully saturated rings. The third-order valence-corrected chi connectivity index (χ3v) is 4.87. The SMILES string of the molecule is CCC(C)C(C)NC(=O)c1sc(N(CC)CC)nc1N. The molecule has 0 saturated heterocycles. The van der Waals surface area contributed by atoms with Gasteiger partial charge in [-0.1, -0.05) is 31.6 Å². The van der Waals surface area contributed by atoms with Crippen molar-refractivity contribution < 1.29 is 4.79 Å². The van der Waals surface area contributed by atoms with E-state index in [2.05, 4.69) is 42.9 Å². The molecular weight excluding hydrogens is 272 g/mol. The van der Waals surface area contributed by atoms with Crippen LogP contribution in [0.5, 0.6) is 0 Å². The average molecular weight is 298 g/mol. The number of amides is 1. The number of anilines is 2. The minimum atomic E-state index is -0.119. The number of thiazole rings is 1. The number of aromatic nitrogens is 1. The maximum Gasteiger partial charge on any atom is 0.265 e. The lowest BCUT2D eigenvalue weighted by Crippen LogP contribution is -2.36. The van der Waals surface area contributed by atoms with Gasteiger partial charge >= 0.3 is 0 Å². The number of nitrogens with one attached hydrogen (secondary N) is 1. The molecule has 1 amide bonds. The highest BCUT2D eigenvalue weighted by Gasteiger charge is 2.21. The molecule has 1 rings (SSSR count). The van der Waals surface area contributed by atoms with Gasteiger partial charge in [-0.25, -0.2) is 4.98 Å². The van der Waals surface area contributed by atoms with Crippen LogP contribution in [0.25, 0.3) is 0 Å². The molecule has 2 unspecified atom stereocenters. The van der Waals surface area contributed by atoms with Gasteiger partial charge in [0.25, 0.3) is 5.91 Å². The number of hydrogen-bond donors (Lipinski definition) is 2. The molecule has 6 heteroatoms. The van der Waals surface area contributed by atoms with E-state index in [0.717, 1.165) is 24.6 Å². The first-order chi connectivity index (χ1) is 9.44. The zero-order valence-electron chi connectivity index (χ0n) is 13.1. The molecule has 114 valence electrons. The second kappa shape index (κ2) is 7.47. The first-order valence-electron chi connectivity index (χ1n) is 7.26. The molecule has 0 bridgehead atoms. The Kier molecular flexibility index (Phi) is 6.26. The normalized spacial score (nSPS) is 13.8. The van der Waals surface area contributed by atoms with Crippen LogP contribution in [0.3, 0.4) is 0 Å². The predicted molar refractivity (Wildman–Crippen MR) is 86.5 cm³/mol. The Hall–Kier alpha value is -1.30. The summed E-state index contributed by atoms with van der Waals surface area (Å²) >= 11 is 1.36. The van der Waals surface area contributed by atoms with Crippen molar-refractivity contribution >= 4 is 28.2 Å². The van der Waals surface area contributed by atoms with Gasteiger partial charge in [0, 0.05) is 19.1 Å². The zero-order chi connectivity index (χ0) is 15.3. The highest BCUT2D eigenvalue weighted by atomic mass is 32.1. The Morgan fingerprint density at radius 1 is 1.35 bits per heavy atom. The minimum Gasteiger partial charge on any atom is -0.382 e. The van der Waals surface area contributed by atoms with E-state index in [4.69, 9.17) is 5.73 Å². The van der Waals surface area contributed by atoms with Crippen molar-refractivity contribution in [2.75, 3.05) is 23.7 Å². The van der Waals surface area contributed by atoms with Crippen molar-refractivity contribution in [2.45, 2.75) is 47.1 Å². The second-order valence-corrected chi connectivity index (χ2v) is 6.01. The van der Waals surface area contributed by atoms with Crippen molar-refractivity contribution in [2.24, 2.45) is 5.92 Å². The van der Waals surface area contributed by atoms with Crippen LogP contribution >= 0.6 is 11.3 Å². The van der Waals surface area contributed by atoms with E-state index < -0.39 is 0 Å². The van der Waals surface area contributed by atoms with Gasteiger partial charge in [-0.05, 0) is 26.7 Å². The predicted octanol–water partition coefficient (Wildman–Crippen LogP) is 2.74. The summed E-state index contributed by atoms with van der Waals surface area (Å²) in [5.74, 6) is 0.646. The summed E-state index contributed by atoms with van der Waals surface area (Å²) in [4.78, 5) is 19.2. The van der Waals surface area contributed by atoms with Crippen molar-refractivity contribution in [3.05, 3.63) is 4.88 Å². The molecule has 20 heavy (non-hydrogen) atoms. The van der Waals surface area contributed by atoms with Gasteiger partial charge in [0.05, 0.1) is 0 Å². The number of carbonyl (C=O) groups excluding carboxylic acids is 1. The third kappa shape index (κ3) is 3.85. The van der Waals surface area contributed by atoms with E-state index in [1.165, 1.54) is 11.3 Å². The number of nitrogens with zero attached hydrogens (tertiary/aromatic N) is 2. The van der Waals surface area contributed by atoms with E-state index in [1.54, 1.807) is 0 Å². The Bertz CT molecular complexity index is 442. The number of carbonyl (C=O) groups is 1. The maximum atomic E-state index is 12.3. The fraction of sp³-hybridized carbons (Fsp3) is 0.714. The lowest BCUT2D eigenvalue weighted by molar-refractivity contribution is 0.0933. The van der Waals surface area contributed by atoms with Gasteiger partial charge < -0.3 is 16.0 Å². The average Bonchev–Trinajstić information content (AvgIpc) is 2.81. The summed E-state index contributed by atoms with van der Waals surface area (Å²) in [6.07, 6.45) is 1.03. The lowest BCUT2D eigenvalue weighted by atomic mass is 10.0. The molecule has 2 atom stereocenters. The van der Waals surface area contributed by atoms with Crippen LogP contribution in [0.4, 0.5) is 10.9 Å². The molecule has 0 spiro atoms. The Morgan fingerprint density at radius 2 is 1.95 bits per heavy atom. The van der Waals surface area contributed by atoms with Crippen LogP contribution in [-0.2, 0) is 0 Å². The molecule has 0 aliphatic carbocycles. The molecule has 1 aromatic heterocycles. The fourth-order valence-corrected chi connectivity index (χ4v) is 2.90. The summed E-state index contributed by atoms with van der Waals surface area (Å²) < 4.78 is 0. The second-order valence-electron chi connectivity index (χ2n) is 5.03. The highest BCUT2D eigenvalue weighted by Crippen LogP contribution is 2.28. The highest BCUT2D eigenvalue weighted by molar-refractivity contribution is 7.18. The number of hydrogen-bond acceptors (Lipinski definition) is 5. The van der Waals surface area contributed by atoms with E-state index in [1.807, 2.05) is 6.92 Å². The monoisotopic (exact) mass is 298 g/mol. The number of rotatable bonds is 7. The molecule has 5 nitrogen and oxygen atoms in total. The molecule has 0 aliphatic rings. The third-order valence-electron chi connectivity index (χ3n) is 3.74.